The zero-order valence-electron chi connectivity index (χ0n) is 18.2. The fourth-order valence-corrected chi connectivity index (χ4v) is 6.25. The normalized spacial score (nSPS) is 23.9. The van der Waals surface area contributed by atoms with E-state index in [1.807, 2.05) is 11.8 Å². The number of piperidine rings is 1. The van der Waals surface area contributed by atoms with Crippen LogP contribution in [0.15, 0.2) is 41.3 Å². The van der Waals surface area contributed by atoms with Crippen molar-refractivity contribution in [3.05, 3.63) is 41.4 Å². The number of nitrogens with zero attached hydrogens (tertiary/aromatic N) is 2. The number of hydrogen-bond donors (Lipinski definition) is 1. The van der Waals surface area contributed by atoms with Gasteiger partial charge in [-0.1, -0.05) is 30.7 Å². The number of likely N-dealkylation sites (tertiary alicyclic amines) is 2. The van der Waals surface area contributed by atoms with E-state index in [0.29, 0.717) is 17.6 Å². The monoisotopic (exact) mass is 463 g/mol. The maximum Gasteiger partial charge on any atom is 0.241 e. The quantitative estimate of drug-likeness (QED) is 0.736. The number of hydrogen-bond acceptors (Lipinski definition) is 4. The Labute approximate surface area is 189 Å². The van der Waals surface area contributed by atoms with Crippen molar-refractivity contribution in [3.8, 4) is 0 Å². The number of fused-ring (bicyclic) bond motifs is 1. The van der Waals surface area contributed by atoms with Gasteiger partial charge in [0.25, 0.3) is 0 Å². The van der Waals surface area contributed by atoms with E-state index >= 15 is 0 Å². The number of amides is 1. The molecular formula is C23H30ClN3O3S. The largest absolute Gasteiger partial charge is 0.338 e. The molecule has 0 radical (unpaired) electrons. The predicted molar refractivity (Wildman–Crippen MR) is 124 cm³/mol. The van der Waals surface area contributed by atoms with Crippen molar-refractivity contribution < 1.29 is 13.2 Å². The first-order chi connectivity index (χ1) is 14.7. The van der Waals surface area contributed by atoms with Crippen LogP contribution >= 0.6 is 11.6 Å². The molecule has 0 aromatic heterocycles. The summed E-state index contributed by atoms with van der Waals surface area (Å²) in [4.78, 5) is 17.6. The standard InChI is InChI=1S/C23H30ClN3O3S/c1-15(2)26-10-8-20(9-11-26)27-14-16(3)22(23(27)28)25-31(29,30)21-7-5-17-12-19(24)6-4-18(17)13-21/h4-7,12-13,15-16,20,22,25H,8-11,14H2,1-3H3/t16-,22-/m0/s1. The first-order valence-electron chi connectivity index (χ1n) is 10.9. The van der Waals surface area contributed by atoms with Gasteiger partial charge in [-0.2, -0.15) is 4.72 Å². The number of benzene rings is 2. The summed E-state index contributed by atoms with van der Waals surface area (Å²) in [5.74, 6) is -0.184. The molecule has 1 amide bonds. The first-order valence-corrected chi connectivity index (χ1v) is 12.8. The molecule has 2 aromatic carbocycles. The van der Waals surface area contributed by atoms with E-state index in [1.54, 1.807) is 36.4 Å². The Hall–Kier alpha value is -1.67. The predicted octanol–water partition coefficient (Wildman–Crippen LogP) is 3.49. The van der Waals surface area contributed by atoms with E-state index in [-0.39, 0.29) is 22.8 Å². The van der Waals surface area contributed by atoms with Gasteiger partial charge in [0.2, 0.25) is 15.9 Å². The second-order valence-corrected chi connectivity index (χ2v) is 11.2. The summed E-state index contributed by atoms with van der Waals surface area (Å²) < 4.78 is 28.8. The minimum absolute atomic E-state index is 0.0790. The summed E-state index contributed by atoms with van der Waals surface area (Å²) in [7, 11) is -3.82. The van der Waals surface area contributed by atoms with Crippen molar-refractivity contribution in [1.29, 1.82) is 0 Å². The minimum Gasteiger partial charge on any atom is -0.338 e. The fourth-order valence-electron chi connectivity index (χ4n) is 4.73. The van der Waals surface area contributed by atoms with Gasteiger partial charge in [0, 0.05) is 36.7 Å². The van der Waals surface area contributed by atoms with Gasteiger partial charge >= 0.3 is 0 Å². The van der Waals surface area contributed by atoms with Crippen LogP contribution in [-0.4, -0.2) is 61.9 Å². The third kappa shape index (κ3) is 4.60. The van der Waals surface area contributed by atoms with Gasteiger partial charge in [0.05, 0.1) is 4.90 Å². The van der Waals surface area contributed by atoms with E-state index in [0.717, 1.165) is 36.7 Å². The molecule has 2 atom stereocenters. The lowest BCUT2D eigenvalue weighted by Gasteiger charge is -2.38. The maximum atomic E-state index is 13.2. The summed E-state index contributed by atoms with van der Waals surface area (Å²) in [5, 5.41) is 2.26. The second-order valence-electron chi connectivity index (χ2n) is 9.08. The molecule has 0 aliphatic carbocycles. The van der Waals surface area contributed by atoms with Gasteiger partial charge < -0.3 is 9.80 Å². The molecule has 0 unspecified atom stereocenters. The first kappa shape index (κ1) is 22.5. The molecule has 6 nitrogen and oxygen atoms in total. The van der Waals surface area contributed by atoms with Gasteiger partial charge in [0.1, 0.15) is 6.04 Å². The van der Waals surface area contributed by atoms with Gasteiger partial charge in [0.15, 0.2) is 0 Å². The van der Waals surface area contributed by atoms with Crippen LogP contribution in [0.5, 0.6) is 0 Å². The van der Waals surface area contributed by atoms with Crippen LogP contribution in [0.25, 0.3) is 10.8 Å². The van der Waals surface area contributed by atoms with E-state index < -0.39 is 16.1 Å². The minimum atomic E-state index is -3.82. The highest BCUT2D eigenvalue weighted by atomic mass is 35.5. The van der Waals surface area contributed by atoms with Gasteiger partial charge in [-0.05, 0) is 67.6 Å². The molecule has 2 aliphatic rings. The Morgan fingerprint density at radius 3 is 2.39 bits per heavy atom. The number of nitrogens with one attached hydrogen (secondary N) is 1. The van der Waals surface area contributed by atoms with Crippen LogP contribution in [-0.2, 0) is 14.8 Å². The van der Waals surface area contributed by atoms with Crippen LogP contribution in [0.2, 0.25) is 5.02 Å². The van der Waals surface area contributed by atoms with Crippen LogP contribution in [0.1, 0.15) is 33.6 Å². The molecule has 2 fully saturated rings. The van der Waals surface area contributed by atoms with Crippen molar-refractivity contribution in [2.24, 2.45) is 5.92 Å². The van der Waals surface area contributed by atoms with Crippen LogP contribution in [0, 0.1) is 5.92 Å². The third-order valence-corrected chi connectivity index (χ3v) is 8.31. The summed E-state index contributed by atoms with van der Waals surface area (Å²) in [6.07, 6.45) is 1.87. The van der Waals surface area contributed by atoms with Crippen molar-refractivity contribution in [1.82, 2.24) is 14.5 Å². The van der Waals surface area contributed by atoms with Crippen molar-refractivity contribution in [2.45, 2.75) is 56.6 Å². The van der Waals surface area contributed by atoms with E-state index in [2.05, 4.69) is 23.5 Å². The Bertz CT molecular complexity index is 1080. The summed E-state index contributed by atoms with van der Waals surface area (Å²) >= 11 is 6.02. The zero-order valence-corrected chi connectivity index (χ0v) is 19.8. The maximum absolute atomic E-state index is 13.2. The number of halogens is 1. The molecule has 2 aromatic rings. The van der Waals surface area contributed by atoms with Crippen LogP contribution in [0.4, 0.5) is 0 Å². The summed E-state index contributed by atoms with van der Waals surface area (Å²) in [6, 6.07) is 10.2. The number of rotatable bonds is 5. The van der Waals surface area contributed by atoms with Crippen molar-refractivity contribution in [2.75, 3.05) is 19.6 Å². The highest BCUT2D eigenvalue weighted by Gasteiger charge is 2.43. The molecule has 2 heterocycles. The topological polar surface area (TPSA) is 69.7 Å². The molecule has 8 heteroatoms. The third-order valence-electron chi connectivity index (χ3n) is 6.64. The Balaban J connectivity index is 1.48. The molecule has 4 rings (SSSR count). The average Bonchev–Trinajstić information content (AvgIpc) is 3.01. The molecule has 31 heavy (non-hydrogen) atoms. The Kier molecular flexibility index (Phi) is 6.32. The van der Waals surface area contributed by atoms with Gasteiger partial charge in [-0.25, -0.2) is 8.42 Å². The molecule has 0 saturated carbocycles. The highest BCUT2D eigenvalue weighted by molar-refractivity contribution is 7.89. The molecule has 0 spiro atoms. The average molecular weight is 464 g/mol. The van der Waals surface area contributed by atoms with E-state index in [4.69, 9.17) is 11.6 Å². The summed E-state index contributed by atoms with van der Waals surface area (Å²) in [6.45, 7) is 8.85. The zero-order chi connectivity index (χ0) is 22.3. The van der Waals surface area contributed by atoms with E-state index in [1.165, 1.54) is 0 Å². The number of sulfonamides is 1. The number of carbonyl (C=O) groups excluding carboxylic acids is 1. The van der Waals surface area contributed by atoms with Crippen molar-refractivity contribution >= 4 is 38.3 Å². The van der Waals surface area contributed by atoms with Crippen LogP contribution in [0.3, 0.4) is 0 Å². The summed E-state index contributed by atoms with van der Waals surface area (Å²) in [5.41, 5.74) is 0. The van der Waals surface area contributed by atoms with E-state index in [9.17, 15) is 13.2 Å². The van der Waals surface area contributed by atoms with Crippen molar-refractivity contribution in [3.63, 3.8) is 0 Å². The Morgan fingerprint density at radius 1 is 1.06 bits per heavy atom. The SMILES string of the molecule is CC(C)N1CCC(N2C[C@H](C)[C@H](NS(=O)(=O)c3ccc4cc(Cl)ccc4c3)C2=O)CC1. The molecule has 1 N–H and O–H groups in total. The smallest absolute Gasteiger partial charge is 0.241 e. The molecule has 2 saturated heterocycles. The fraction of sp³-hybridized carbons (Fsp3) is 0.522. The lowest BCUT2D eigenvalue weighted by molar-refractivity contribution is -0.132. The molecule has 168 valence electrons. The molecule has 2 aliphatic heterocycles. The van der Waals surface area contributed by atoms with Crippen LogP contribution < -0.4 is 4.72 Å². The number of carbonyl (C=O) groups is 1. The van der Waals surface area contributed by atoms with Gasteiger partial charge in [-0.15, -0.1) is 0 Å². The lowest BCUT2D eigenvalue weighted by atomic mass is 10.0. The lowest BCUT2D eigenvalue weighted by Crippen LogP contribution is -2.49. The highest BCUT2D eigenvalue weighted by Crippen LogP contribution is 2.28. The van der Waals surface area contributed by atoms with Gasteiger partial charge in [-0.3, -0.25) is 4.79 Å². The molecule has 0 bridgehead atoms. The Morgan fingerprint density at radius 2 is 1.71 bits per heavy atom. The second kappa shape index (κ2) is 8.70. The molecular weight excluding hydrogens is 434 g/mol.